The SMILES string of the molecule is CCCCCCCCCCCCCC/C=C/[C@@H](O)[C@H](COP(=O)(O)OCCN)NC(=O)CCCCCCCCCCCCCCCCCCCCCCCCCCCCCCCCCCCCC. The molecule has 0 spiro atoms. The highest BCUT2D eigenvalue weighted by Crippen LogP contribution is 2.43. The maximum absolute atomic E-state index is 12.9. The molecular weight excluding hydrogens is 864 g/mol. The summed E-state index contributed by atoms with van der Waals surface area (Å²) in [5, 5.41) is 13.8. The van der Waals surface area contributed by atoms with Crippen LogP contribution in [0.5, 0.6) is 0 Å². The maximum atomic E-state index is 12.9. The largest absolute Gasteiger partial charge is 0.472 e. The van der Waals surface area contributed by atoms with Gasteiger partial charge in [0.05, 0.1) is 25.4 Å². The van der Waals surface area contributed by atoms with Crippen LogP contribution in [0.15, 0.2) is 12.2 Å². The summed E-state index contributed by atoms with van der Waals surface area (Å²) in [4.78, 5) is 22.8. The van der Waals surface area contributed by atoms with Crippen LogP contribution in [0.4, 0.5) is 0 Å². The Labute approximate surface area is 424 Å². The van der Waals surface area contributed by atoms with Crippen molar-refractivity contribution in [1.82, 2.24) is 5.32 Å². The van der Waals surface area contributed by atoms with Crippen molar-refractivity contribution in [1.29, 1.82) is 0 Å². The number of phosphoric ester groups is 1. The molecule has 0 fully saturated rings. The Bertz CT molecular complexity index is 1080. The number of carbonyl (C=O) groups excluding carboxylic acids is 1. The molecule has 8 nitrogen and oxygen atoms in total. The second-order valence-electron chi connectivity index (χ2n) is 20.9. The molecule has 0 rings (SSSR count). The summed E-state index contributed by atoms with van der Waals surface area (Å²) in [6.45, 7) is 4.19. The Kier molecular flexibility index (Phi) is 54.9. The lowest BCUT2D eigenvalue weighted by molar-refractivity contribution is -0.123. The normalized spacial score (nSPS) is 13.7. The van der Waals surface area contributed by atoms with Crippen molar-refractivity contribution < 1.29 is 28.4 Å². The number of aliphatic hydroxyl groups excluding tert-OH is 1. The van der Waals surface area contributed by atoms with E-state index >= 15 is 0 Å². The van der Waals surface area contributed by atoms with Gasteiger partial charge >= 0.3 is 7.82 Å². The zero-order chi connectivity index (χ0) is 49.5. The molecule has 0 aromatic heterocycles. The van der Waals surface area contributed by atoms with Crippen molar-refractivity contribution in [2.75, 3.05) is 19.8 Å². The number of nitrogens with one attached hydrogen (secondary N) is 1. The van der Waals surface area contributed by atoms with Crippen LogP contribution in [-0.4, -0.2) is 47.8 Å². The standard InChI is InChI=1S/C59H119N2O6P/c1-3-5-7-9-11-13-15-17-19-20-21-22-23-24-25-26-27-28-29-30-31-32-33-34-35-36-37-38-39-41-43-45-47-49-51-53-59(63)61-57(56-67-68(64,65)66-55-54-60)58(62)52-50-48-46-44-42-40-18-16-14-12-10-8-6-4-2/h50,52,57-58,62H,3-49,51,53-56,60H2,1-2H3,(H,61,63)(H,64,65)/b52-50+/t57-,58+/m0/s1. The summed E-state index contributed by atoms with van der Waals surface area (Å²) in [6.07, 6.45) is 67.6. The molecule has 3 atom stereocenters. The Morgan fingerprint density at radius 1 is 0.471 bits per heavy atom. The molecule has 0 aromatic carbocycles. The van der Waals surface area contributed by atoms with Crippen molar-refractivity contribution in [3.8, 4) is 0 Å². The zero-order valence-corrected chi connectivity index (χ0v) is 46.5. The first kappa shape index (κ1) is 67.2. The van der Waals surface area contributed by atoms with E-state index < -0.39 is 20.0 Å². The molecule has 1 unspecified atom stereocenters. The molecular formula is C59H119N2O6P. The molecule has 1 amide bonds. The summed E-state index contributed by atoms with van der Waals surface area (Å²) in [5.74, 6) is -0.186. The number of rotatable bonds is 58. The molecule has 68 heavy (non-hydrogen) atoms. The Morgan fingerprint density at radius 3 is 1.04 bits per heavy atom. The fourth-order valence-electron chi connectivity index (χ4n) is 9.55. The van der Waals surface area contributed by atoms with Crippen molar-refractivity contribution in [2.45, 2.75) is 341 Å². The minimum Gasteiger partial charge on any atom is -0.387 e. The van der Waals surface area contributed by atoms with Gasteiger partial charge in [-0.2, -0.15) is 0 Å². The van der Waals surface area contributed by atoms with Gasteiger partial charge in [0.25, 0.3) is 0 Å². The first-order valence-corrected chi connectivity index (χ1v) is 31.8. The van der Waals surface area contributed by atoms with Gasteiger partial charge in [0, 0.05) is 13.0 Å². The van der Waals surface area contributed by atoms with Gasteiger partial charge in [-0.15, -0.1) is 0 Å². The molecule has 9 heteroatoms. The molecule has 406 valence electrons. The van der Waals surface area contributed by atoms with E-state index in [0.717, 1.165) is 38.5 Å². The summed E-state index contributed by atoms with van der Waals surface area (Å²) in [7, 11) is -4.34. The van der Waals surface area contributed by atoms with Gasteiger partial charge < -0.3 is 21.1 Å². The van der Waals surface area contributed by atoms with Crippen LogP contribution in [0.1, 0.15) is 328 Å². The number of hydrogen-bond acceptors (Lipinski definition) is 6. The average molecular weight is 984 g/mol. The van der Waals surface area contributed by atoms with Crippen LogP contribution in [-0.2, 0) is 18.4 Å². The monoisotopic (exact) mass is 983 g/mol. The summed E-state index contributed by atoms with van der Waals surface area (Å²) < 4.78 is 22.2. The predicted octanol–water partition coefficient (Wildman–Crippen LogP) is 18.6. The van der Waals surface area contributed by atoms with Gasteiger partial charge in [0.2, 0.25) is 5.91 Å². The Morgan fingerprint density at radius 2 is 0.750 bits per heavy atom. The van der Waals surface area contributed by atoms with Crippen LogP contribution in [0, 0.1) is 0 Å². The molecule has 0 heterocycles. The van der Waals surface area contributed by atoms with Crippen molar-refractivity contribution in [3.05, 3.63) is 12.2 Å². The van der Waals surface area contributed by atoms with Crippen molar-refractivity contribution in [2.24, 2.45) is 5.73 Å². The van der Waals surface area contributed by atoms with Crippen LogP contribution in [0.2, 0.25) is 0 Å². The molecule has 0 bridgehead atoms. The van der Waals surface area contributed by atoms with Gasteiger partial charge in [0.15, 0.2) is 0 Å². The number of hydrogen-bond donors (Lipinski definition) is 4. The van der Waals surface area contributed by atoms with E-state index in [9.17, 15) is 19.4 Å². The van der Waals surface area contributed by atoms with E-state index in [2.05, 4.69) is 19.2 Å². The number of unbranched alkanes of at least 4 members (excludes halogenated alkanes) is 46. The zero-order valence-electron chi connectivity index (χ0n) is 45.6. The van der Waals surface area contributed by atoms with Gasteiger partial charge in [-0.1, -0.05) is 315 Å². The number of aliphatic hydroxyl groups is 1. The minimum absolute atomic E-state index is 0.0817. The lowest BCUT2D eigenvalue weighted by Crippen LogP contribution is -2.45. The topological polar surface area (TPSA) is 131 Å². The van der Waals surface area contributed by atoms with E-state index in [-0.39, 0.29) is 25.7 Å². The van der Waals surface area contributed by atoms with Gasteiger partial charge in [-0.25, -0.2) is 4.57 Å². The molecule has 0 saturated carbocycles. The fourth-order valence-corrected chi connectivity index (χ4v) is 10.3. The third kappa shape index (κ3) is 53.0. The highest BCUT2D eigenvalue weighted by atomic mass is 31.2. The minimum atomic E-state index is -4.34. The van der Waals surface area contributed by atoms with Gasteiger partial charge in [-0.05, 0) is 19.3 Å². The van der Waals surface area contributed by atoms with Crippen LogP contribution in [0.25, 0.3) is 0 Å². The number of amides is 1. The van der Waals surface area contributed by atoms with Crippen molar-refractivity contribution in [3.63, 3.8) is 0 Å². The first-order valence-electron chi connectivity index (χ1n) is 30.3. The van der Waals surface area contributed by atoms with E-state index in [1.165, 1.54) is 270 Å². The number of phosphoric acid groups is 1. The average Bonchev–Trinajstić information content (AvgIpc) is 3.33. The fraction of sp³-hybridized carbons (Fsp3) is 0.949. The molecule has 0 aromatic rings. The number of carbonyl (C=O) groups is 1. The summed E-state index contributed by atoms with van der Waals surface area (Å²) in [6, 6.07) is -0.856. The lowest BCUT2D eigenvalue weighted by atomic mass is 10.0. The Balaban J connectivity index is 3.77. The molecule has 0 aliphatic rings. The van der Waals surface area contributed by atoms with E-state index in [1.54, 1.807) is 6.08 Å². The van der Waals surface area contributed by atoms with Gasteiger partial charge in [0.1, 0.15) is 0 Å². The van der Waals surface area contributed by atoms with Gasteiger partial charge in [-0.3, -0.25) is 13.8 Å². The highest BCUT2D eigenvalue weighted by molar-refractivity contribution is 7.47. The van der Waals surface area contributed by atoms with Crippen LogP contribution < -0.4 is 11.1 Å². The molecule has 0 saturated heterocycles. The Hall–Kier alpha value is -0.760. The summed E-state index contributed by atoms with van der Waals surface area (Å²) in [5.41, 5.74) is 5.40. The second kappa shape index (κ2) is 55.6. The van der Waals surface area contributed by atoms with E-state index in [4.69, 9.17) is 14.8 Å². The van der Waals surface area contributed by atoms with E-state index in [1.807, 2.05) is 6.08 Å². The molecule has 0 radical (unpaired) electrons. The number of allylic oxidation sites excluding steroid dienone is 1. The van der Waals surface area contributed by atoms with Crippen LogP contribution in [0.3, 0.4) is 0 Å². The maximum Gasteiger partial charge on any atom is 0.472 e. The lowest BCUT2D eigenvalue weighted by Gasteiger charge is -2.23. The molecule has 0 aliphatic carbocycles. The molecule has 0 aliphatic heterocycles. The first-order chi connectivity index (χ1) is 33.4. The third-order valence-electron chi connectivity index (χ3n) is 14.1. The molecule has 5 N–H and O–H groups in total. The quantitative estimate of drug-likeness (QED) is 0.0271. The third-order valence-corrected chi connectivity index (χ3v) is 15.1. The number of nitrogens with two attached hydrogens (primary N) is 1. The highest BCUT2D eigenvalue weighted by Gasteiger charge is 2.27. The summed E-state index contributed by atoms with van der Waals surface area (Å²) >= 11 is 0. The second-order valence-corrected chi connectivity index (χ2v) is 22.4. The van der Waals surface area contributed by atoms with Crippen molar-refractivity contribution >= 4 is 13.7 Å². The van der Waals surface area contributed by atoms with E-state index in [0.29, 0.717) is 6.42 Å². The smallest absolute Gasteiger partial charge is 0.387 e. The predicted molar refractivity (Wildman–Crippen MR) is 295 cm³/mol. The van der Waals surface area contributed by atoms with Crippen LogP contribution >= 0.6 is 7.82 Å².